The first-order chi connectivity index (χ1) is 22.5. The lowest BCUT2D eigenvalue weighted by Crippen LogP contribution is -2.27. The highest BCUT2D eigenvalue weighted by Gasteiger charge is 2.44. The molecule has 0 amide bonds. The number of thioether (sulfide) groups is 1. The molecule has 0 radical (unpaired) electrons. The smallest absolute Gasteiger partial charge is 0.313 e. The summed E-state index contributed by atoms with van der Waals surface area (Å²) in [6, 6.07) is 26.2. The largest absolute Gasteiger partial charge is 0.481 e. The van der Waals surface area contributed by atoms with Crippen LogP contribution >= 0.6 is 11.8 Å². The minimum absolute atomic E-state index is 0.0445. The Balaban J connectivity index is 1.27. The van der Waals surface area contributed by atoms with Gasteiger partial charge in [0, 0.05) is 46.5 Å². The van der Waals surface area contributed by atoms with E-state index in [1.807, 2.05) is 0 Å². The highest BCUT2D eigenvalue weighted by atomic mass is 32.2. The normalized spacial score (nSPS) is 20.3. The molecule has 0 saturated heterocycles. The SMILES string of the molecule is CN1/C(=C\C=C2CCCC(/C=C/C3=[N+](C)c4ccc5ccccc5c4C3(C)C)=C2SCC(=O)O)C(C)(C)c2c1ccc1ccccc21. The van der Waals surface area contributed by atoms with E-state index in [1.54, 1.807) is 0 Å². The Morgan fingerprint density at radius 3 is 2.21 bits per heavy atom. The van der Waals surface area contributed by atoms with E-state index in [0.29, 0.717) is 0 Å². The zero-order valence-electron chi connectivity index (χ0n) is 28.2. The molecule has 1 aliphatic carbocycles. The van der Waals surface area contributed by atoms with Crippen LogP contribution in [0.15, 0.2) is 119 Å². The van der Waals surface area contributed by atoms with E-state index in [1.165, 1.54) is 78.4 Å². The van der Waals surface area contributed by atoms with Crippen molar-refractivity contribution in [2.24, 2.45) is 0 Å². The number of hydrogen-bond donors (Lipinski definition) is 1. The van der Waals surface area contributed by atoms with Gasteiger partial charge in [-0.1, -0.05) is 80.6 Å². The number of carboxylic acids is 1. The Labute approximate surface area is 282 Å². The third-order valence-corrected chi connectivity index (χ3v) is 11.7. The van der Waals surface area contributed by atoms with Gasteiger partial charge in [-0.05, 0) is 89.6 Å². The van der Waals surface area contributed by atoms with Gasteiger partial charge in [-0.2, -0.15) is 4.58 Å². The summed E-state index contributed by atoms with van der Waals surface area (Å²) in [6.07, 6.45) is 12.0. The van der Waals surface area contributed by atoms with Crippen LogP contribution in [-0.2, 0) is 15.6 Å². The average Bonchev–Trinajstić information content (AvgIpc) is 3.38. The van der Waals surface area contributed by atoms with Crippen molar-refractivity contribution in [3.05, 3.63) is 130 Å². The number of anilines is 1. The number of carboxylic acid groups (broad SMARTS) is 1. The van der Waals surface area contributed by atoms with Crippen LogP contribution in [0.2, 0.25) is 0 Å². The van der Waals surface area contributed by atoms with Crippen molar-refractivity contribution in [2.75, 3.05) is 24.7 Å². The van der Waals surface area contributed by atoms with Crippen LogP contribution in [-0.4, -0.2) is 41.2 Å². The molecule has 0 bridgehead atoms. The van der Waals surface area contributed by atoms with E-state index in [4.69, 9.17) is 0 Å². The molecule has 4 aromatic carbocycles. The summed E-state index contributed by atoms with van der Waals surface area (Å²) in [4.78, 5) is 15.2. The maximum Gasteiger partial charge on any atom is 0.313 e. The molecule has 0 spiro atoms. The van der Waals surface area contributed by atoms with E-state index < -0.39 is 5.97 Å². The molecular formula is C42H43N2O2S+. The lowest BCUT2D eigenvalue weighted by atomic mass is 9.78. The fourth-order valence-corrected chi connectivity index (χ4v) is 9.27. The summed E-state index contributed by atoms with van der Waals surface area (Å²) in [7, 11) is 4.33. The molecule has 2 heterocycles. The van der Waals surface area contributed by atoms with Crippen LogP contribution in [0.3, 0.4) is 0 Å². The second kappa shape index (κ2) is 11.7. The minimum Gasteiger partial charge on any atom is -0.481 e. The maximum atomic E-state index is 11.8. The predicted molar refractivity (Wildman–Crippen MR) is 199 cm³/mol. The molecule has 47 heavy (non-hydrogen) atoms. The number of aliphatic carboxylic acids is 1. The van der Waals surface area contributed by atoms with Gasteiger partial charge in [-0.15, -0.1) is 11.8 Å². The van der Waals surface area contributed by atoms with Crippen molar-refractivity contribution < 1.29 is 14.5 Å². The number of carbonyl (C=O) groups is 1. The molecule has 2 aliphatic heterocycles. The zero-order chi connectivity index (χ0) is 33.1. The molecule has 1 N–H and O–H groups in total. The number of fused-ring (bicyclic) bond motifs is 6. The van der Waals surface area contributed by atoms with Gasteiger partial charge in [0.15, 0.2) is 5.71 Å². The first-order valence-corrected chi connectivity index (χ1v) is 17.6. The maximum absolute atomic E-state index is 11.8. The summed E-state index contributed by atoms with van der Waals surface area (Å²) in [5.41, 5.74) is 9.80. The lowest BCUT2D eigenvalue weighted by molar-refractivity contribution is -0.401. The number of hydrogen-bond acceptors (Lipinski definition) is 3. The first-order valence-electron chi connectivity index (χ1n) is 16.6. The average molecular weight is 640 g/mol. The first kappa shape index (κ1) is 31.3. The van der Waals surface area contributed by atoms with Gasteiger partial charge in [0.2, 0.25) is 5.69 Å². The van der Waals surface area contributed by atoms with E-state index in [0.717, 1.165) is 24.2 Å². The molecule has 0 saturated carbocycles. The standard InChI is InChI=1S/C42H42N2O2S/c1-41(2)35(43(5)33-22-18-27-12-7-9-16-31(27)38(33)41)24-20-29-14-11-15-30(40(29)47-26-37(45)46)21-25-36-42(3,4)39-32-17-10-8-13-28(32)19-23-34(39)44(36)6/h7-10,12-13,16-25H,11,14-15,26H2,1-6H3/p+1. The molecule has 4 nitrogen and oxygen atoms in total. The zero-order valence-corrected chi connectivity index (χ0v) is 29.0. The van der Waals surface area contributed by atoms with Crippen LogP contribution < -0.4 is 4.90 Å². The Morgan fingerprint density at radius 1 is 0.851 bits per heavy atom. The second-order valence-corrected chi connectivity index (χ2v) is 15.1. The van der Waals surface area contributed by atoms with Crippen LogP contribution in [0.5, 0.6) is 0 Å². The third-order valence-electron chi connectivity index (χ3n) is 10.5. The molecule has 0 unspecified atom stereocenters. The highest BCUT2D eigenvalue weighted by molar-refractivity contribution is 8.03. The quantitative estimate of drug-likeness (QED) is 0.213. The van der Waals surface area contributed by atoms with Crippen molar-refractivity contribution >= 4 is 56.4 Å². The van der Waals surface area contributed by atoms with E-state index >= 15 is 0 Å². The molecule has 0 fully saturated rings. The molecular weight excluding hydrogens is 597 g/mol. The van der Waals surface area contributed by atoms with Crippen molar-refractivity contribution in [3.8, 4) is 0 Å². The molecule has 238 valence electrons. The van der Waals surface area contributed by atoms with Gasteiger partial charge < -0.3 is 10.0 Å². The summed E-state index contributed by atoms with van der Waals surface area (Å²) in [5, 5.41) is 14.8. The van der Waals surface area contributed by atoms with Crippen molar-refractivity contribution in [2.45, 2.75) is 57.8 Å². The molecule has 0 atom stereocenters. The topological polar surface area (TPSA) is 43.5 Å². The fourth-order valence-electron chi connectivity index (χ4n) is 8.29. The van der Waals surface area contributed by atoms with Gasteiger partial charge in [-0.25, -0.2) is 0 Å². The molecule has 3 aliphatic rings. The Morgan fingerprint density at radius 2 is 1.51 bits per heavy atom. The predicted octanol–water partition coefficient (Wildman–Crippen LogP) is 10.0. The van der Waals surface area contributed by atoms with Crippen molar-refractivity contribution in [1.82, 2.24) is 0 Å². The number of allylic oxidation sites excluding steroid dienone is 7. The van der Waals surface area contributed by atoms with Gasteiger partial charge >= 0.3 is 5.97 Å². The van der Waals surface area contributed by atoms with Gasteiger partial charge in [-0.3, -0.25) is 4.79 Å². The Hall–Kier alpha value is -4.35. The number of nitrogens with zero attached hydrogens (tertiary/aromatic N) is 2. The van der Waals surface area contributed by atoms with Crippen LogP contribution in [0.1, 0.15) is 58.1 Å². The second-order valence-electron chi connectivity index (χ2n) is 14.1. The molecule has 7 rings (SSSR count). The molecule has 5 heteroatoms. The van der Waals surface area contributed by atoms with Gasteiger partial charge in [0.05, 0.1) is 11.2 Å². The van der Waals surface area contributed by atoms with Crippen LogP contribution in [0.25, 0.3) is 21.5 Å². The van der Waals surface area contributed by atoms with E-state index in [-0.39, 0.29) is 16.6 Å². The van der Waals surface area contributed by atoms with Crippen LogP contribution in [0, 0.1) is 0 Å². The summed E-state index contributed by atoms with van der Waals surface area (Å²) < 4.78 is 2.33. The number of benzene rings is 4. The number of rotatable bonds is 6. The fraction of sp³-hybridized carbons (Fsp3) is 0.286. The van der Waals surface area contributed by atoms with Gasteiger partial charge in [0.25, 0.3) is 0 Å². The van der Waals surface area contributed by atoms with Crippen molar-refractivity contribution in [3.63, 3.8) is 0 Å². The summed E-state index contributed by atoms with van der Waals surface area (Å²) in [5.74, 6) is -0.746. The monoisotopic (exact) mass is 639 g/mol. The van der Waals surface area contributed by atoms with E-state index in [2.05, 4.69) is 148 Å². The molecule has 4 aromatic rings. The summed E-state index contributed by atoms with van der Waals surface area (Å²) >= 11 is 1.46. The third kappa shape index (κ3) is 5.16. The Kier molecular flexibility index (Phi) is 7.79. The molecule has 0 aromatic heterocycles. The van der Waals surface area contributed by atoms with E-state index in [9.17, 15) is 9.90 Å². The Bertz CT molecular complexity index is 2130. The van der Waals surface area contributed by atoms with Crippen molar-refractivity contribution in [1.29, 1.82) is 0 Å². The van der Waals surface area contributed by atoms with Gasteiger partial charge in [0.1, 0.15) is 7.05 Å². The van der Waals surface area contributed by atoms with Crippen LogP contribution in [0.4, 0.5) is 11.4 Å². The summed E-state index contributed by atoms with van der Waals surface area (Å²) in [6.45, 7) is 9.26. The highest BCUT2D eigenvalue weighted by Crippen LogP contribution is 2.50. The lowest BCUT2D eigenvalue weighted by Gasteiger charge is -2.25. The minimum atomic E-state index is -0.790. The number of likely N-dealkylation sites (N-methyl/N-ethyl adjacent to an activating group) is 1.